The predicted octanol–water partition coefficient (Wildman–Crippen LogP) is 1.17. The van der Waals surface area contributed by atoms with Crippen LogP contribution in [-0.4, -0.2) is 40.4 Å². The Bertz CT molecular complexity index is 365. The van der Waals surface area contributed by atoms with Gasteiger partial charge in [-0.2, -0.15) is 0 Å². The molecule has 0 heterocycles. The van der Waals surface area contributed by atoms with Crippen molar-refractivity contribution in [3.8, 4) is 0 Å². The molecule has 1 atom stereocenters. The number of nitrogens with zero attached hydrogens (tertiary/aromatic N) is 1. The first-order valence-electron chi connectivity index (χ1n) is 5.53. The van der Waals surface area contributed by atoms with Gasteiger partial charge >= 0.3 is 6.09 Å². The maximum absolute atomic E-state index is 10.8. The van der Waals surface area contributed by atoms with Crippen LogP contribution in [0.3, 0.4) is 0 Å². The number of benzene rings is 1. The molecule has 0 bridgehead atoms. The molecule has 0 aromatic heterocycles. The standard InChI is InChI=1S/C12H18N2O3/c1-2-14(12(16)17)8-11(15)7-9-3-5-10(13)6-4-9/h3-6,11,15H,2,7-8,13H2,1H3,(H,16,17). The van der Waals surface area contributed by atoms with Gasteiger partial charge in [0.2, 0.25) is 0 Å². The Labute approximate surface area is 100 Å². The van der Waals surface area contributed by atoms with E-state index in [-0.39, 0.29) is 6.54 Å². The van der Waals surface area contributed by atoms with E-state index in [4.69, 9.17) is 10.8 Å². The molecule has 5 heteroatoms. The van der Waals surface area contributed by atoms with E-state index in [9.17, 15) is 9.90 Å². The van der Waals surface area contributed by atoms with Crippen molar-refractivity contribution in [2.75, 3.05) is 18.8 Å². The maximum Gasteiger partial charge on any atom is 0.407 e. The van der Waals surface area contributed by atoms with Crippen molar-refractivity contribution in [2.24, 2.45) is 0 Å². The molecule has 0 fully saturated rings. The number of carboxylic acid groups (broad SMARTS) is 1. The fourth-order valence-corrected chi connectivity index (χ4v) is 1.59. The van der Waals surface area contributed by atoms with Gasteiger partial charge in [-0.3, -0.25) is 0 Å². The third kappa shape index (κ3) is 4.32. The van der Waals surface area contributed by atoms with Gasteiger partial charge < -0.3 is 20.8 Å². The fourth-order valence-electron chi connectivity index (χ4n) is 1.59. The molecule has 1 unspecified atom stereocenters. The number of aliphatic hydroxyl groups excluding tert-OH is 1. The Morgan fingerprint density at radius 1 is 1.41 bits per heavy atom. The smallest absolute Gasteiger partial charge is 0.407 e. The number of amides is 1. The molecule has 0 aliphatic heterocycles. The molecule has 1 rings (SSSR count). The predicted molar refractivity (Wildman–Crippen MR) is 65.8 cm³/mol. The zero-order valence-corrected chi connectivity index (χ0v) is 9.84. The van der Waals surface area contributed by atoms with Gasteiger partial charge in [-0.05, 0) is 24.6 Å². The van der Waals surface area contributed by atoms with Gasteiger partial charge in [0, 0.05) is 18.7 Å². The van der Waals surface area contributed by atoms with Crippen molar-refractivity contribution in [3.05, 3.63) is 29.8 Å². The first-order chi connectivity index (χ1) is 8.02. The zero-order valence-electron chi connectivity index (χ0n) is 9.84. The summed E-state index contributed by atoms with van der Waals surface area (Å²) >= 11 is 0. The third-order valence-corrected chi connectivity index (χ3v) is 2.53. The largest absolute Gasteiger partial charge is 0.465 e. The molecule has 1 aromatic carbocycles. The minimum Gasteiger partial charge on any atom is -0.465 e. The summed E-state index contributed by atoms with van der Waals surface area (Å²) in [4.78, 5) is 11.9. The van der Waals surface area contributed by atoms with Crippen LogP contribution < -0.4 is 5.73 Å². The Hall–Kier alpha value is -1.75. The normalized spacial score (nSPS) is 12.1. The van der Waals surface area contributed by atoms with Crippen molar-refractivity contribution in [2.45, 2.75) is 19.4 Å². The van der Waals surface area contributed by atoms with Crippen LogP contribution >= 0.6 is 0 Å². The van der Waals surface area contributed by atoms with Gasteiger partial charge in [-0.1, -0.05) is 12.1 Å². The first-order valence-corrected chi connectivity index (χ1v) is 5.53. The maximum atomic E-state index is 10.8. The molecule has 0 saturated heterocycles. The molecule has 1 amide bonds. The molecule has 1 aromatic rings. The zero-order chi connectivity index (χ0) is 12.8. The van der Waals surface area contributed by atoms with Crippen LogP contribution in [-0.2, 0) is 6.42 Å². The topological polar surface area (TPSA) is 86.8 Å². The molecule has 0 spiro atoms. The van der Waals surface area contributed by atoms with E-state index in [1.54, 1.807) is 19.1 Å². The van der Waals surface area contributed by atoms with Crippen LogP contribution in [0, 0.1) is 0 Å². The number of carbonyl (C=O) groups is 1. The van der Waals surface area contributed by atoms with Gasteiger partial charge in [-0.15, -0.1) is 0 Å². The number of anilines is 1. The second kappa shape index (κ2) is 6.10. The van der Waals surface area contributed by atoms with Crippen molar-refractivity contribution < 1.29 is 15.0 Å². The summed E-state index contributed by atoms with van der Waals surface area (Å²) in [6.07, 6.45) is -1.29. The fraction of sp³-hybridized carbons (Fsp3) is 0.417. The van der Waals surface area contributed by atoms with Crippen molar-refractivity contribution in [1.82, 2.24) is 4.90 Å². The number of likely N-dealkylation sites (N-methyl/N-ethyl adjacent to an activating group) is 1. The average Bonchev–Trinajstić information content (AvgIpc) is 2.28. The van der Waals surface area contributed by atoms with Crippen LogP contribution in [0.2, 0.25) is 0 Å². The lowest BCUT2D eigenvalue weighted by Gasteiger charge is -2.20. The molecule has 5 nitrogen and oxygen atoms in total. The van der Waals surface area contributed by atoms with Gasteiger partial charge in [0.15, 0.2) is 0 Å². The minimum atomic E-state index is -1.01. The molecule has 94 valence electrons. The molecule has 0 radical (unpaired) electrons. The molecule has 0 saturated carbocycles. The highest BCUT2D eigenvalue weighted by atomic mass is 16.4. The third-order valence-electron chi connectivity index (χ3n) is 2.53. The van der Waals surface area contributed by atoms with Gasteiger partial charge in [-0.25, -0.2) is 4.79 Å². The minimum absolute atomic E-state index is 0.121. The summed E-state index contributed by atoms with van der Waals surface area (Å²) in [5, 5.41) is 18.6. The van der Waals surface area contributed by atoms with E-state index in [2.05, 4.69) is 0 Å². The number of nitrogen functional groups attached to an aromatic ring is 1. The van der Waals surface area contributed by atoms with E-state index in [0.29, 0.717) is 18.7 Å². The number of aliphatic hydroxyl groups is 1. The van der Waals surface area contributed by atoms with E-state index in [0.717, 1.165) is 5.56 Å². The monoisotopic (exact) mass is 238 g/mol. The van der Waals surface area contributed by atoms with Crippen molar-refractivity contribution in [3.63, 3.8) is 0 Å². The van der Waals surface area contributed by atoms with Crippen LogP contribution in [0.25, 0.3) is 0 Å². The van der Waals surface area contributed by atoms with Crippen LogP contribution in [0.15, 0.2) is 24.3 Å². The van der Waals surface area contributed by atoms with E-state index in [1.807, 2.05) is 12.1 Å². The molecule has 17 heavy (non-hydrogen) atoms. The Kier molecular flexibility index (Phi) is 4.78. The summed E-state index contributed by atoms with van der Waals surface area (Å²) in [5.41, 5.74) is 7.16. The van der Waals surface area contributed by atoms with E-state index in [1.165, 1.54) is 4.90 Å². The Morgan fingerprint density at radius 2 is 2.00 bits per heavy atom. The number of hydrogen-bond donors (Lipinski definition) is 3. The number of nitrogens with two attached hydrogens (primary N) is 1. The summed E-state index contributed by atoms with van der Waals surface area (Å²) in [7, 11) is 0. The molecule has 0 aliphatic rings. The van der Waals surface area contributed by atoms with Gasteiger partial charge in [0.05, 0.1) is 12.6 Å². The Morgan fingerprint density at radius 3 is 2.47 bits per heavy atom. The highest BCUT2D eigenvalue weighted by Gasteiger charge is 2.14. The quantitative estimate of drug-likeness (QED) is 0.672. The van der Waals surface area contributed by atoms with Crippen molar-refractivity contribution >= 4 is 11.8 Å². The summed E-state index contributed by atoms with van der Waals surface area (Å²) in [5.74, 6) is 0. The molecular weight excluding hydrogens is 220 g/mol. The lowest BCUT2D eigenvalue weighted by Crippen LogP contribution is -2.37. The lowest BCUT2D eigenvalue weighted by atomic mass is 10.1. The van der Waals surface area contributed by atoms with Gasteiger partial charge in [0.1, 0.15) is 0 Å². The molecule has 0 aliphatic carbocycles. The van der Waals surface area contributed by atoms with Gasteiger partial charge in [0.25, 0.3) is 0 Å². The van der Waals surface area contributed by atoms with Crippen molar-refractivity contribution in [1.29, 1.82) is 0 Å². The molecular formula is C12H18N2O3. The first kappa shape index (κ1) is 13.3. The number of rotatable bonds is 5. The SMILES string of the molecule is CCN(CC(O)Cc1ccc(N)cc1)C(=O)O. The number of hydrogen-bond acceptors (Lipinski definition) is 3. The van der Waals surface area contributed by atoms with Crippen LogP contribution in [0.4, 0.5) is 10.5 Å². The second-order valence-corrected chi connectivity index (χ2v) is 3.92. The second-order valence-electron chi connectivity index (χ2n) is 3.92. The summed E-state index contributed by atoms with van der Waals surface area (Å²) in [6.45, 7) is 2.23. The van der Waals surface area contributed by atoms with Crippen LogP contribution in [0.5, 0.6) is 0 Å². The average molecular weight is 238 g/mol. The van der Waals surface area contributed by atoms with E-state index >= 15 is 0 Å². The lowest BCUT2D eigenvalue weighted by molar-refractivity contribution is 0.0991. The highest BCUT2D eigenvalue weighted by molar-refractivity contribution is 5.64. The van der Waals surface area contributed by atoms with Crippen LogP contribution in [0.1, 0.15) is 12.5 Å². The summed E-state index contributed by atoms with van der Waals surface area (Å²) in [6, 6.07) is 7.18. The summed E-state index contributed by atoms with van der Waals surface area (Å²) < 4.78 is 0. The highest BCUT2D eigenvalue weighted by Crippen LogP contribution is 2.08. The van der Waals surface area contributed by atoms with E-state index < -0.39 is 12.2 Å². The molecule has 4 N–H and O–H groups in total. The Balaban J connectivity index is 2.51.